The second kappa shape index (κ2) is 3.91. The molecule has 13 heavy (non-hydrogen) atoms. The van der Waals surface area contributed by atoms with Crippen LogP contribution in [-0.4, -0.2) is 10.9 Å². The summed E-state index contributed by atoms with van der Waals surface area (Å²) in [6, 6.07) is 1.44. The third kappa shape index (κ3) is 2.76. The number of nitrogens with two attached hydrogens (primary N) is 1. The van der Waals surface area contributed by atoms with Crippen molar-refractivity contribution in [3.05, 3.63) is 39.3 Å². The van der Waals surface area contributed by atoms with Gasteiger partial charge in [0.15, 0.2) is 0 Å². The molecule has 0 unspecified atom stereocenters. The molecule has 1 amide bonds. The molecule has 4 nitrogen and oxygen atoms in total. The van der Waals surface area contributed by atoms with Crippen LogP contribution >= 0.6 is 11.6 Å². The van der Waals surface area contributed by atoms with Gasteiger partial charge in [0.05, 0.1) is 5.02 Å². The Kier molecular flexibility index (Phi) is 2.87. The topological polar surface area (TPSA) is 76.0 Å². The van der Waals surface area contributed by atoms with Gasteiger partial charge < -0.3 is 10.7 Å². The number of aromatic amines is 1. The SMILES string of the molecule is NC(=O)C=Cc1cc(Cl)c[nH]c1=O. The zero-order chi connectivity index (χ0) is 9.84. The van der Waals surface area contributed by atoms with Gasteiger partial charge in [0.1, 0.15) is 0 Å². The van der Waals surface area contributed by atoms with Crippen molar-refractivity contribution in [2.24, 2.45) is 5.73 Å². The smallest absolute Gasteiger partial charge is 0.255 e. The molecule has 0 aromatic carbocycles. The van der Waals surface area contributed by atoms with Gasteiger partial charge in [-0.2, -0.15) is 0 Å². The number of halogens is 1. The Hall–Kier alpha value is -1.55. The molecule has 3 N–H and O–H groups in total. The van der Waals surface area contributed by atoms with E-state index >= 15 is 0 Å². The highest BCUT2D eigenvalue weighted by molar-refractivity contribution is 6.30. The Morgan fingerprint density at radius 3 is 2.92 bits per heavy atom. The van der Waals surface area contributed by atoms with Crippen LogP contribution < -0.4 is 11.3 Å². The van der Waals surface area contributed by atoms with Crippen molar-refractivity contribution in [1.82, 2.24) is 4.98 Å². The molecule has 0 aliphatic heterocycles. The summed E-state index contributed by atoms with van der Waals surface area (Å²) in [4.78, 5) is 23.8. The molecule has 0 spiro atoms. The molecule has 0 radical (unpaired) electrons. The van der Waals surface area contributed by atoms with Crippen LogP contribution in [0, 0.1) is 0 Å². The second-order valence-electron chi connectivity index (χ2n) is 2.34. The average Bonchev–Trinajstić information content (AvgIpc) is 2.06. The molecule has 68 valence electrons. The normalized spacial score (nSPS) is 10.5. The van der Waals surface area contributed by atoms with Crippen molar-refractivity contribution in [1.29, 1.82) is 0 Å². The van der Waals surface area contributed by atoms with Gasteiger partial charge in [0.25, 0.3) is 5.56 Å². The minimum Gasteiger partial charge on any atom is -0.366 e. The molecule has 0 fully saturated rings. The number of carbonyl (C=O) groups is 1. The highest BCUT2D eigenvalue weighted by Gasteiger charge is 1.96. The Balaban J connectivity index is 3.07. The average molecular weight is 199 g/mol. The first-order valence-electron chi connectivity index (χ1n) is 3.45. The van der Waals surface area contributed by atoms with Gasteiger partial charge in [-0.3, -0.25) is 9.59 Å². The predicted octanol–water partition coefficient (Wildman–Crippen LogP) is 0.527. The Morgan fingerprint density at radius 1 is 1.62 bits per heavy atom. The van der Waals surface area contributed by atoms with E-state index in [9.17, 15) is 9.59 Å². The van der Waals surface area contributed by atoms with Crippen LogP contribution in [0.3, 0.4) is 0 Å². The molecule has 0 saturated heterocycles. The Labute approximate surface area is 79.0 Å². The maximum Gasteiger partial charge on any atom is 0.255 e. The lowest BCUT2D eigenvalue weighted by Crippen LogP contribution is -2.09. The highest BCUT2D eigenvalue weighted by Crippen LogP contribution is 2.05. The molecule has 1 heterocycles. The van der Waals surface area contributed by atoms with E-state index in [2.05, 4.69) is 4.98 Å². The second-order valence-corrected chi connectivity index (χ2v) is 2.77. The van der Waals surface area contributed by atoms with E-state index in [-0.39, 0.29) is 5.56 Å². The van der Waals surface area contributed by atoms with E-state index in [1.54, 1.807) is 0 Å². The maximum absolute atomic E-state index is 11.1. The number of hydrogen-bond acceptors (Lipinski definition) is 2. The minimum atomic E-state index is -0.612. The number of amides is 1. The quantitative estimate of drug-likeness (QED) is 0.680. The van der Waals surface area contributed by atoms with Crippen LogP contribution in [0.5, 0.6) is 0 Å². The lowest BCUT2D eigenvalue weighted by Gasteiger charge is -1.92. The molecule has 1 rings (SSSR count). The monoisotopic (exact) mass is 198 g/mol. The Morgan fingerprint density at radius 2 is 2.31 bits per heavy atom. The third-order valence-electron chi connectivity index (χ3n) is 1.32. The van der Waals surface area contributed by atoms with E-state index in [4.69, 9.17) is 17.3 Å². The lowest BCUT2D eigenvalue weighted by molar-refractivity contribution is -0.113. The van der Waals surface area contributed by atoms with Crippen LogP contribution in [-0.2, 0) is 4.79 Å². The van der Waals surface area contributed by atoms with Crippen molar-refractivity contribution in [2.75, 3.05) is 0 Å². The highest BCUT2D eigenvalue weighted by atomic mass is 35.5. The van der Waals surface area contributed by atoms with Crippen molar-refractivity contribution < 1.29 is 4.79 Å². The van der Waals surface area contributed by atoms with Crippen LogP contribution in [0.1, 0.15) is 5.56 Å². The number of pyridine rings is 1. The molecule has 0 saturated carbocycles. The number of rotatable bonds is 2. The number of aromatic nitrogens is 1. The first-order chi connectivity index (χ1) is 6.09. The molecule has 5 heteroatoms. The molecule has 1 aromatic rings. The molecule has 0 bridgehead atoms. The first kappa shape index (κ1) is 9.54. The van der Waals surface area contributed by atoms with E-state index in [1.165, 1.54) is 18.3 Å². The molecule has 0 aliphatic rings. The van der Waals surface area contributed by atoms with Crippen molar-refractivity contribution >= 4 is 23.6 Å². The van der Waals surface area contributed by atoms with Gasteiger partial charge in [-0.15, -0.1) is 0 Å². The van der Waals surface area contributed by atoms with Crippen LogP contribution in [0.4, 0.5) is 0 Å². The molecule has 1 aromatic heterocycles. The van der Waals surface area contributed by atoms with E-state index in [0.717, 1.165) is 6.08 Å². The predicted molar refractivity (Wildman–Crippen MR) is 50.3 cm³/mol. The summed E-state index contributed by atoms with van der Waals surface area (Å²) in [5, 5.41) is 0.392. The number of primary amides is 1. The molecule has 0 aliphatic carbocycles. The number of carbonyl (C=O) groups excluding carboxylic acids is 1. The van der Waals surface area contributed by atoms with Crippen LogP contribution in [0.25, 0.3) is 6.08 Å². The van der Waals surface area contributed by atoms with E-state index < -0.39 is 5.91 Å². The molecular formula is C8H7ClN2O2. The van der Waals surface area contributed by atoms with Crippen molar-refractivity contribution in [3.8, 4) is 0 Å². The summed E-state index contributed by atoms with van der Waals surface area (Å²) >= 11 is 5.61. The fourth-order valence-corrected chi connectivity index (χ4v) is 0.941. The number of H-pyrrole nitrogens is 1. The van der Waals surface area contributed by atoms with Crippen molar-refractivity contribution in [3.63, 3.8) is 0 Å². The Bertz CT molecular complexity index is 409. The zero-order valence-corrected chi connectivity index (χ0v) is 7.34. The van der Waals surface area contributed by atoms with Gasteiger partial charge in [0.2, 0.25) is 5.91 Å². The van der Waals surface area contributed by atoms with Gasteiger partial charge in [-0.1, -0.05) is 11.6 Å². The zero-order valence-electron chi connectivity index (χ0n) is 6.58. The third-order valence-corrected chi connectivity index (χ3v) is 1.54. The maximum atomic E-state index is 11.1. The van der Waals surface area contributed by atoms with Crippen LogP contribution in [0.2, 0.25) is 5.02 Å². The summed E-state index contributed by atoms with van der Waals surface area (Å²) in [5.41, 5.74) is 4.84. The van der Waals surface area contributed by atoms with Crippen molar-refractivity contribution in [2.45, 2.75) is 0 Å². The number of hydrogen-bond donors (Lipinski definition) is 2. The summed E-state index contributed by atoms with van der Waals surface area (Å²) in [7, 11) is 0. The molecular weight excluding hydrogens is 192 g/mol. The van der Waals surface area contributed by atoms with Gasteiger partial charge in [-0.05, 0) is 12.1 Å². The van der Waals surface area contributed by atoms with Gasteiger partial charge >= 0.3 is 0 Å². The van der Waals surface area contributed by atoms with E-state index in [0.29, 0.717) is 10.6 Å². The van der Waals surface area contributed by atoms with Crippen LogP contribution in [0.15, 0.2) is 23.1 Å². The lowest BCUT2D eigenvalue weighted by atomic mass is 10.2. The van der Waals surface area contributed by atoms with Gasteiger partial charge in [-0.25, -0.2) is 0 Å². The van der Waals surface area contributed by atoms with E-state index in [1.807, 2.05) is 0 Å². The number of nitrogens with one attached hydrogen (secondary N) is 1. The summed E-state index contributed by atoms with van der Waals surface area (Å²) in [6.45, 7) is 0. The largest absolute Gasteiger partial charge is 0.366 e. The fraction of sp³-hybridized carbons (Fsp3) is 0. The first-order valence-corrected chi connectivity index (χ1v) is 3.83. The standard InChI is InChI=1S/C8H7ClN2O2/c9-6-3-5(1-2-7(10)12)8(13)11-4-6/h1-4H,(H2,10,12)(H,11,13). The van der Waals surface area contributed by atoms with Gasteiger partial charge in [0, 0.05) is 17.8 Å². The fourth-order valence-electron chi connectivity index (χ4n) is 0.769. The minimum absolute atomic E-state index is 0.298. The summed E-state index contributed by atoms with van der Waals surface area (Å²) < 4.78 is 0. The summed E-state index contributed by atoms with van der Waals surface area (Å²) in [5.74, 6) is -0.612. The molecule has 0 atom stereocenters. The summed E-state index contributed by atoms with van der Waals surface area (Å²) in [6.07, 6.45) is 3.78.